The average Bonchev–Trinajstić information content (AvgIpc) is 2.46. The molecule has 0 aliphatic carbocycles. The van der Waals surface area contributed by atoms with Crippen molar-refractivity contribution in [3.63, 3.8) is 0 Å². The molecule has 0 saturated carbocycles. The summed E-state index contributed by atoms with van der Waals surface area (Å²) in [5.74, 6) is -0.602. The topological polar surface area (TPSA) is 104 Å². The van der Waals surface area contributed by atoms with Crippen LogP contribution in [0.5, 0.6) is 23.8 Å². The fourth-order valence-electron chi connectivity index (χ4n) is 1.59. The molecular weight excluding hydrogens is 278 g/mol. The van der Waals surface area contributed by atoms with Crippen molar-refractivity contribution in [1.29, 1.82) is 0 Å². The van der Waals surface area contributed by atoms with Crippen LogP contribution in [0.25, 0.3) is 0 Å². The van der Waals surface area contributed by atoms with Gasteiger partial charge in [-0.25, -0.2) is 4.79 Å². The Morgan fingerprint density at radius 3 is 2.10 bits per heavy atom. The molecule has 1 aromatic carbocycles. The van der Waals surface area contributed by atoms with Crippen LogP contribution in [0.2, 0.25) is 0 Å². The first-order chi connectivity index (χ1) is 10.0. The number of carboxylic acids is 1. The van der Waals surface area contributed by atoms with E-state index in [2.05, 4.69) is 15.0 Å². The summed E-state index contributed by atoms with van der Waals surface area (Å²) in [7, 11) is 2.81. The normalized spacial score (nSPS) is 10.0. The number of benzene rings is 1. The van der Waals surface area contributed by atoms with E-state index in [0.717, 1.165) is 0 Å². The van der Waals surface area contributed by atoms with Gasteiger partial charge in [-0.05, 0) is 30.7 Å². The number of aryl methyl sites for hydroxylation is 1. The van der Waals surface area contributed by atoms with Crippen LogP contribution in [0, 0.1) is 6.92 Å². The van der Waals surface area contributed by atoms with Gasteiger partial charge in [-0.1, -0.05) is 0 Å². The lowest BCUT2D eigenvalue weighted by atomic mass is 10.1. The first kappa shape index (κ1) is 14.5. The predicted octanol–water partition coefficient (Wildman–Crippen LogP) is 1.69. The van der Waals surface area contributed by atoms with Crippen molar-refractivity contribution >= 4 is 5.97 Å². The van der Waals surface area contributed by atoms with E-state index in [4.69, 9.17) is 19.3 Å². The number of carboxylic acid groups (broad SMARTS) is 1. The lowest BCUT2D eigenvalue weighted by molar-refractivity contribution is 0.0696. The Morgan fingerprint density at radius 1 is 1.05 bits per heavy atom. The number of ether oxygens (including phenoxy) is 3. The second-order valence-corrected chi connectivity index (χ2v) is 3.98. The van der Waals surface area contributed by atoms with E-state index in [-0.39, 0.29) is 23.6 Å². The third kappa shape index (κ3) is 3.35. The van der Waals surface area contributed by atoms with Crippen molar-refractivity contribution in [1.82, 2.24) is 15.0 Å². The average molecular weight is 291 g/mol. The van der Waals surface area contributed by atoms with Gasteiger partial charge in [0.1, 0.15) is 5.75 Å². The van der Waals surface area contributed by atoms with Crippen molar-refractivity contribution in [2.24, 2.45) is 0 Å². The summed E-state index contributed by atoms with van der Waals surface area (Å²) in [5, 5.41) is 8.98. The van der Waals surface area contributed by atoms with Gasteiger partial charge in [0.05, 0.1) is 19.8 Å². The van der Waals surface area contributed by atoms with E-state index in [1.165, 1.54) is 26.4 Å². The maximum atomic E-state index is 11.0. The lowest BCUT2D eigenvalue weighted by Gasteiger charge is -2.08. The Hall–Kier alpha value is -2.90. The molecule has 0 aliphatic heterocycles. The maximum absolute atomic E-state index is 11.0. The molecule has 0 atom stereocenters. The summed E-state index contributed by atoms with van der Waals surface area (Å²) >= 11 is 0. The molecule has 1 N–H and O–H groups in total. The molecule has 1 heterocycles. The van der Waals surface area contributed by atoms with Crippen molar-refractivity contribution in [2.45, 2.75) is 6.92 Å². The number of rotatable bonds is 5. The first-order valence-electron chi connectivity index (χ1n) is 5.89. The number of aromatic nitrogens is 3. The molecule has 8 heteroatoms. The van der Waals surface area contributed by atoms with E-state index in [9.17, 15) is 4.79 Å². The molecule has 0 amide bonds. The third-order valence-corrected chi connectivity index (χ3v) is 2.58. The van der Waals surface area contributed by atoms with Gasteiger partial charge in [0.15, 0.2) is 0 Å². The minimum absolute atomic E-state index is 0.0128. The summed E-state index contributed by atoms with van der Waals surface area (Å²) in [6.45, 7) is 1.67. The van der Waals surface area contributed by atoms with Crippen molar-refractivity contribution < 1.29 is 24.1 Å². The van der Waals surface area contributed by atoms with E-state index < -0.39 is 5.97 Å². The van der Waals surface area contributed by atoms with Gasteiger partial charge >= 0.3 is 24.0 Å². The molecule has 21 heavy (non-hydrogen) atoms. The molecular formula is C13H13N3O5. The zero-order chi connectivity index (χ0) is 15.4. The summed E-state index contributed by atoms with van der Waals surface area (Å²) in [6, 6.07) is 4.63. The van der Waals surface area contributed by atoms with Gasteiger partial charge in [0, 0.05) is 0 Å². The van der Waals surface area contributed by atoms with Crippen molar-refractivity contribution in [3.05, 3.63) is 29.3 Å². The molecule has 110 valence electrons. The molecule has 2 aromatic rings. The monoisotopic (exact) mass is 291 g/mol. The van der Waals surface area contributed by atoms with Gasteiger partial charge in [-0.2, -0.15) is 0 Å². The van der Waals surface area contributed by atoms with Gasteiger partial charge in [0.25, 0.3) is 0 Å². The van der Waals surface area contributed by atoms with E-state index in [1.807, 2.05) is 0 Å². The highest BCUT2D eigenvalue weighted by Gasteiger charge is 2.11. The zero-order valence-electron chi connectivity index (χ0n) is 11.7. The van der Waals surface area contributed by atoms with Crippen LogP contribution in [0.15, 0.2) is 18.2 Å². The Kier molecular flexibility index (Phi) is 4.17. The summed E-state index contributed by atoms with van der Waals surface area (Å²) in [4.78, 5) is 22.6. The van der Waals surface area contributed by atoms with Crippen LogP contribution in [0.3, 0.4) is 0 Å². The predicted molar refractivity (Wildman–Crippen MR) is 71.1 cm³/mol. The number of nitrogens with zero attached hydrogens (tertiary/aromatic N) is 3. The van der Waals surface area contributed by atoms with Crippen molar-refractivity contribution in [2.75, 3.05) is 14.2 Å². The van der Waals surface area contributed by atoms with Crippen molar-refractivity contribution in [3.8, 4) is 23.8 Å². The van der Waals surface area contributed by atoms with Gasteiger partial charge in [-0.3, -0.25) is 0 Å². The lowest BCUT2D eigenvalue weighted by Crippen LogP contribution is -2.02. The minimum Gasteiger partial charge on any atom is -0.478 e. The summed E-state index contributed by atoms with van der Waals surface area (Å²) in [6.07, 6.45) is 0. The van der Waals surface area contributed by atoms with Crippen LogP contribution in [0.4, 0.5) is 0 Å². The fraction of sp³-hybridized carbons (Fsp3) is 0.231. The summed E-state index contributed by atoms with van der Waals surface area (Å²) in [5.41, 5.74) is 0.765. The molecule has 1 aromatic heterocycles. The van der Waals surface area contributed by atoms with Gasteiger partial charge in [-0.15, -0.1) is 15.0 Å². The molecule has 0 bridgehead atoms. The maximum Gasteiger partial charge on any atom is 0.335 e. The summed E-state index contributed by atoms with van der Waals surface area (Å²) < 4.78 is 15.3. The van der Waals surface area contributed by atoms with Crippen LogP contribution >= 0.6 is 0 Å². The van der Waals surface area contributed by atoms with E-state index in [0.29, 0.717) is 11.3 Å². The highest BCUT2D eigenvalue weighted by atomic mass is 16.5. The van der Waals surface area contributed by atoms with Gasteiger partial charge < -0.3 is 19.3 Å². The number of aromatic carboxylic acids is 1. The molecule has 0 saturated heterocycles. The van der Waals surface area contributed by atoms with E-state index in [1.54, 1.807) is 13.0 Å². The van der Waals surface area contributed by atoms with Gasteiger partial charge in [0.2, 0.25) is 0 Å². The number of methoxy groups -OCH3 is 2. The highest BCUT2D eigenvalue weighted by Crippen LogP contribution is 2.23. The SMILES string of the molecule is COc1nc(OC)nc(Oc2ccc(C(=O)O)c(C)c2)n1. The third-order valence-electron chi connectivity index (χ3n) is 2.58. The number of hydrogen-bond donors (Lipinski definition) is 1. The fourth-order valence-corrected chi connectivity index (χ4v) is 1.59. The first-order valence-corrected chi connectivity index (χ1v) is 5.89. The van der Waals surface area contributed by atoms with Crippen LogP contribution < -0.4 is 14.2 Å². The van der Waals surface area contributed by atoms with E-state index >= 15 is 0 Å². The Morgan fingerprint density at radius 2 is 1.62 bits per heavy atom. The highest BCUT2D eigenvalue weighted by molar-refractivity contribution is 5.89. The molecule has 0 unspecified atom stereocenters. The van der Waals surface area contributed by atoms with Crippen LogP contribution in [0.1, 0.15) is 15.9 Å². The second kappa shape index (κ2) is 6.04. The Labute approximate surface area is 120 Å². The molecule has 0 spiro atoms. The Balaban J connectivity index is 2.29. The number of hydrogen-bond acceptors (Lipinski definition) is 7. The largest absolute Gasteiger partial charge is 0.478 e. The molecule has 2 rings (SSSR count). The quantitative estimate of drug-likeness (QED) is 0.887. The molecule has 0 fully saturated rings. The zero-order valence-corrected chi connectivity index (χ0v) is 11.7. The van der Waals surface area contributed by atoms with Crippen LogP contribution in [-0.4, -0.2) is 40.2 Å². The standard InChI is InChI=1S/C13H13N3O5/c1-7-6-8(4-5-9(7)10(17)18)21-13-15-11(19-2)14-12(16-13)20-3/h4-6H,1-3H3,(H,17,18). The second-order valence-electron chi connectivity index (χ2n) is 3.98. The number of carbonyl (C=O) groups is 1. The van der Waals surface area contributed by atoms with Crippen LogP contribution in [-0.2, 0) is 0 Å². The molecule has 8 nitrogen and oxygen atoms in total. The Bertz CT molecular complexity index is 653. The minimum atomic E-state index is -0.998. The molecule has 0 radical (unpaired) electrons. The smallest absolute Gasteiger partial charge is 0.335 e. The molecule has 0 aliphatic rings.